The molecular weight excluding hydrogens is 162 g/mol. The molecule has 4 heteroatoms. The van der Waals surface area contributed by atoms with E-state index in [1.807, 2.05) is 0 Å². The first-order chi connectivity index (χ1) is 5.24. The third-order valence-electron chi connectivity index (χ3n) is 1.36. The predicted octanol–water partition coefficient (Wildman–Crippen LogP) is 0.818. The molecule has 0 aliphatic carbocycles. The summed E-state index contributed by atoms with van der Waals surface area (Å²) < 4.78 is 0. The molecule has 11 heavy (non-hydrogen) atoms. The van der Waals surface area contributed by atoms with Crippen molar-refractivity contribution in [1.82, 2.24) is 4.98 Å². The fourth-order valence-electron chi connectivity index (χ4n) is 0.791. The Hall–Kier alpha value is -0.800. The number of nitrogens with zero attached hydrogens (tertiary/aromatic N) is 1. The van der Waals surface area contributed by atoms with Gasteiger partial charge in [-0.2, -0.15) is 0 Å². The molecule has 0 saturated heterocycles. The summed E-state index contributed by atoms with van der Waals surface area (Å²) in [4.78, 5) is 3.89. The zero-order valence-corrected chi connectivity index (χ0v) is 6.80. The minimum atomic E-state index is 0.368. The van der Waals surface area contributed by atoms with Crippen molar-refractivity contribution in [3.63, 3.8) is 0 Å². The quantitative estimate of drug-likeness (QED) is 0.693. The summed E-state index contributed by atoms with van der Waals surface area (Å²) in [7, 11) is 0. The van der Waals surface area contributed by atoms with Gasteiger partial charge in [0.1, 0.15) is 5.82 Å². The molecule has 0 amide bonds. The lowest BCUT2D eigenvalue weighted by Gasteiger charge is -2.00. The Morgan fingerprint density at radius 3 is 2.82 bits per heavy atom. The van der Waals surface area contributed by atoms with Crippen LogP contribution in [0.1, 0.15) is 5.56 Å². The molecule has 1 rings (SSSR count). The first kappa shape index (κ1) is 8.30. The number of hydrogen-bond donors (Lipinski definition) is 2. The maximum absolute atomic E-state index is 5.72. The lowest BCUT2D eigenvalue weighted by atomic mass is 10.2. The maximum Gasteiger partial charge on any atom is 0.142 e. The first-order valence-corrected chi connectivity index (χ1v) is 3.72. The second-order valence-corrected chi connectivity index (χ2v) is 2.66. The van der Waals surface area contributed by atoms with E-state index in [4.69, 9.17) is 23.1 Å². The van der Waals surface area contributed by atoms with Crippen LogP contribution in [0.4, 0.5) is 5.82 Å². The maximum atomic E-state index is 5.72. The standard InChI is InChI=1S/C7H10ClN3/c8-6-3-5(1-2-9)4-11-7(6)10/h3-4H,1-2,9H2,(H2,10,11). The molecule has 1 heterocycles. The minimum Gasteiger partial charge on any atom is -0.382 e. The van der Waals surface area contributed by atoms with Crippen LogP contribution in [0.3, 0.4) is 0 Å². The molecule has 0 aromatic carbocycles. The van der Waals surface area contributed by atoms with E-state index in [9.17, 15) is 0 Å². The van der Waals surface area contributed by atoms with Crippen molar-refractivity contribution in [3.8, 4) is 0 Å². The number of anilines is 1. The van der Waals surface area contributed by atoms with Gasteiger partial charge in [-0.25, -0.2) is 4.98 Å². The van der Waals surface area contributed by atoms with Gasteiger partial charge in [-0.05, 0) is 24.6 Å². The normalized spacial score (nSPS) is 10.0. The molecule has 4 N–H and O–H groups in total. The summed E-state index contributed by atoms with van der Waals surface area (Å²) in [5.41, 5.74) is 11.8. The molecule has 0 aliphatic heterocycles. The summed E-state index contributed by atoms with van der Waals surface area (Å²) in [6.07, 6.45) is 2.47. The minimum absolute atomic E-state index is 0.368. The van der Waals surface area contributed by atoms with Gasteiger partial charge in [-0.1, -0.05) is 11.6 Å². The van der Waals surface area contributed by atoms with E-state index < -0.39 is 0 Å². The van der Waals surface area contributed by atoms with E-state index in [0.717, 1.165) is 12.0 Å². The van der Waals surface area contributed by atoms with Crippen molar-refractivity contribution in [2.24, 2.45) is 5.73 Å². The summed E-state index contributed by atoms with van der Waals surface area (Å²) >= 11 is 5.72. The van der Waals surface area contributed by atoms with Crippen molar-refractivity contribution in [1.29, 1.82) is 0 Å². The Labute approximate surface area is 70.4 Å². The molecule has 0 atom stereocenters. The van der Waals surface area contributed by atoms with Crippen molar-refractivity contribution >= 4 is 17.4 Å². The van der Waals surface area contributed by atoms with Gasteiger partial charge in [0.05, 0.1) is 5.02 Å². The Bertz CT molecular complexity index is 249. The zero-order valence-electron chi connectivity index (χ0n) is 6.05. The van der Waals surface area contributed by atoms with E-state index in [1.165, 1.54) is 0 Å². The van der Waals surface area contributed by atoms with Crippen LogP contribution in [-0.4, -0.2) is 11.5 Å². The molecule has 1 aromatic heterocycles. The van der Waals surface area contributed by atoms with Gasteiger partial charge in [0.15, 0.2) is 0 Å². The molecule has 0 bridgehead atoms. The number of nitrogens with two attached hydrogens (primary N) is 2. The third-order valence-corrected chi connectivity index (χ3v) is 1.66. The Balaban J connectivity index is 2.86. The third kappa shape index (κ3) is 2.06. The Morgan fingerprint density at radius 1 is 1.55 bits per heavy atom. The summed E-state index contributed by atoms with van der Waals surface area (Å²) in [5, 5.41) is 0.496. The van der Waals surface area contributed by atoms with E-state index in [0.29, 0.717) is 17.4 Å². The van der Waals surface area contributed by atoms with Crippen LogP contribution >= 0.6 is 11.6 Å². The van der Waals surface area contributed by atoms with Gasteiger partial charge in [-0.3, -0.25) is 0 Å². The SMILES string of the molecule is NCCc1cnc(N)c(Cl)c1. The van der Waals surface area contributed by atoms with Gasteiger partial charge in [-0.15, -0.1) is 0 Å². The highest BCUT2D eigenvalue weighted by Crippen LogP contribution is 2.16. The molecule has 1 aromatic rings. The summed E-state index contributed by atoms with van der Waals surface area (Å²) in [5.74, 6) is 0.368. The lowest BCUT2D eigenvalue weighted by Crippen LogP contribution is -2.03. The molecular formula is C7H10ClN3. The van der Waals surface area contributed by atoms with Gasteiger partial charge >= 0.3 is 0 Å². The average Bonchev–Trinajstić information content (AvgIpc) is 1.98. The van der Waals surface area contributed by atoms with Crippen LogP contribution in [0.15, 0.2) is 12.3 Å². The van der Waals surface area contributed by atoms with E-state index >= 15 is 0 Å². The Morgan fingerprint density at radius 2 is 2.27 bits per heavy atom. The highest BCUT2D eigenvalue weighted by atomic mass is 35.5. The average molecular weight is 172 g/mol. The lowest BCUT2D eigenvalue weighted by molar-refractivity contribution is 0.960. The molecule has 0 aliphatic rings. The molecule has 60 valence electrons. The van der Waals surface area contributed by atoms with Crippen molar-refractivity contribution in [2.75, 3.05) is 12.3 Å². The van der Waals surface area contributed by atoms with Crippen molar-refractivity contribution in [2.45, 2.75) is 6.42 Å². The molecule has 3 nitrogen and oxygen atoms in total. The number of halogens is 1. The fraction of sp³-hybridized carbons (Fsp3) is 0.286. The molecule has 0 saturated carbocycles. The van der Waals surface area contributed by atoms with Crippen LogP contribution in [0.5, 0.6) is 0 Å². The van der Waals surface area contributed by atoms with Gasteiger partial charge in [0, 0.05) is 6.20 Å². The highest BCUT2D eigenvalue weighted by molar-refractivity contribution is 6.32. The highest BCUT2D eigenvalue weighted by Gasteiger charge is 1.97. The Kier molecular flexibility index (Phi) is 2.68. The zero-order chi connectivity index (χ0) is 8.27. The van der Waals surface area contributed by atoms with Crippen LogP contribution in [0.25, 0.3) is 0 Å². The van der Waals surface area contributed by atoms with E-state index in [-0.39, 0.29) is 0 Å². The van der Waals surface area contributed by atoms with E-state index in [1.54, 1.807) is 12.3 Å². The molecule has 0 radical (unpaired) electrons. The second kappa shape index (κ2) is 3.55. The smallest absolute Gasteiger partial charge is 0.142 e. The first-order valence-electron chi connectivity index (χ1n) is 3.34. The molecule has 0 unspecified atom stereocenters. The predicted molar refractivity (Wildman–Crippen MR) is 46.4 cm³/mol. The van der Waals surface area contributed by atoms with Crippen molar-refractivity contribution < 1.29 is 0 Å². The van der Waals surface area contributed by atoms with Crippen LogP contribution in [-0.2, 0) is 6.42 Å². The van der Waals surface area contributed by atoms with Crippen LogP contribution in [0, 0.1) is 0 Å². The summed E-state index contributed by atoms with van der Waals surface area (Å²) in [6.45, 7) is 0.599. The van der Waals surface area contributed by atoms with Gasteiger partial charge in [0.2, 0.25) is 0 Å². The number of rotatable bonds is 2. The molecule has 0 fully saturated rings. The van der Waals surface area contributed by atoms with Crippen molar-refractivity contribution in [3.05, 3.63) is 22.8 Å². The number of nitrogen functional groups attached to an aromatic ring is 1. The second-order valence-electron chi connectivity index (χ2n) is 2.25. The summed E-state index contributed by atoms with van der Waals surface area (Å²) in [6, 6.07) is 1.79. The largest absolute Gasteiger partial charge is 0.382 e. The number of hydrogen-bond acceptors (Lipinski definition) is 3. The van der Waals surface area contributed by atoms with Gasteiger partial charge in [0.25, 0.3) is 0 Å². The van der Waals surface area contributed by atoms with E-state index in [2.05, 4.69) is 4.98 Å². The van der Waals surface area contributed by atoms with Crippen LogP contribution in [0.2, 0.25) is 5.02 Å². The number of aromatic nitrogens is 1. The fourth-order valence-corrected chi connectivity index (χ4v) is 0.980. The van der Waals surface area contributed by atoms with Crippen LogP contribution < -0.4 is 11.5 Å². The molecule has 0 spiro atoms. The number of pyridine rings is 1. The van der Waals surface area contributed by atoms with Gasteiger partial charge < -0.3 is 11.5 Å². The monoisotopic (exact) mass is 171 g/mol. The topological polar surface area (TPSA) is 64.9 Å².